The highest BCUT2D eigenvalue weighted by molar-refractivity contribution is 7.16. The van der Waals surface area contributed by atoms with Gasteiger partial charge in [-0.15, -0.1) is 11.3 Å². The molecule has 124 valence electrons. The van der Waals surface area contributed by atoms with Crippen molar-refractivity contribution in [1.29, 1.82) is 0 Å². The topological polar surface area (TPSA) is 26.3 Å². The molecule has 4 heteroatoms. The summed E-state index contributed by atoms with van der Waals surface area (Å²) in [6.07, 6.45) is 11.4. The summed E-state index contributed by atoms with van der Waals surface area (Å²) in [7, 11) is 0. The Kier molecular flexibility index (Phi) is 8.07. The van der Waals surface area contributed by atoms with Crippen molar-refractivity contribution in [2.24, 2.45) is 0 Å². The van der Waals surface area contributed by atoms with Gasteiger partial charge < -0.3 is 4.74 Å². The molecule has 0 aliphatic rings. The fraction of sp³-hybridized carbons (Fsp3) is 0.316. The average molecular weight is 351 g/mol. The second-order valence-corrected chi connectivity index (χ2v) is 7.04. The van der Waals surface area contributed by atoms with Crippen molar-refractivity contribution in [3.05, 3.63) is 61.9 Å². The van der Waals surface area contributed by atoms with Gasteiger partial charge in [-0.05, 0) is 51.3 Å². The summed E-state index contributed by atoms with van der Waals surface area (Å²) in [5.74, 6) is -0.310. The number of halogens is 1. The van der Waals surface area contributed by atoms with Crippen LogP contribution in [0.2, 0.25) is 4.34 Å². The number of rotatable bonds is 6. The van der Waals surface area contributed by atoms with Gasteiger partial charge in [0.2, 0.25) is 0 Å². The number of aryl methyl sites for hydroxylation is 1. The highest BCUT2D eigenvalue weighted by Gasteiger charge is 2.07. The maximum absolute atomic E-state index is 11.3. The van der Waals surface area contributed by atoms with E-state index in [1.54, 1.807) is 18.3 Å². The Balaban J connectivity index is 2.72. The first-order valence-electron chi connectivity index (χ1n) is 7.48. The van der Waals surface area contributed by atoms with Crippen LogP contribution in [0.3, 0.4) is 0 Å². The van der Waals surface area contributed by atoms with Crippen LogP contribution in [0.15, 0.2) is 41.5 Å². The first-order valence-corrected chi connectivity index (χ1v) is 8.68. The second kappa shape index (κ2) is 9.53. The summed E-state index contributed by atoms with van der Waals surface area (Å²) in [5.41, 5.74) is 4.29. The smallest absolute Gasteiger partial charge is 0.330 e. The third-order valence-corrected chi connectivity index (χ3v) is 4.71. The first kappa shape index (κ1) is 19.5. The van der Waals surface area contributed by atoms with Crippen LogP contribution >= 0.6 is 22.9 Å². The van der Waals surface area contributed by atoms with Crippen LogP contribution < -0.4 is 0 Å². The van der Waals surface area contributed by atoms with Gasteiger partial charge in [-0.3, -0.25) is 0 Å². The van der Waals surface area contributed by atoms with Gasteiger partial charge in [-0.1, -0.05) is 47.6 Å². The predicted molar refractivity (Wildman–Crippen MR) is 101 cm³/mol. The normalized spacial score (nSPS) is 13.3. The van der Waals surface area contributed by atoms with E-state index < -0.39 is 0 Å². The van der Waals surface area contributed by atoms with Gasteiger partial charge in [0.25, 0.3) is 0 Å². The van der Waals surface area contributed by atoms with Crippen molar-refractivity contribution in [3.8, 4) is 0 Å². The third kappa shape index (κ3) is 6.59. The molecule has 0 N–H and O–H groups in total. The summed E-state index contributed by atoms with van der Waals surface area (Å²) in [4.78, 5) is 12.5. The number of esters is 1. The molecule has 0 aliphatic carbocycles. The molecule has 1 rings (SSSR count). The fourth-order valence-electron chi connectivity index (χ4n) is 1.92. The molecule has 0 fully saturated rings. The maximum atomic E-state index is 11.3. The van der Waals surface area contributed by atoms with Crippen molar-refractivity contribution in [1.82, 2.24) is 0 Å². The van der Waals surface area contributed by atoms with Gasteiger partial charge in [-0.2, -0.15) is 0 Å². The van der Waals surface area contributed by atoms with Crippen LogP contribution in [-0.4, -0.2) is 12.6 Å². The van der Waals surface area contributed by atoms with E-state index in [0.717, 1.165) is 21.0 Å². The number of thiophene rings is 1. The molecule has 1 aromatic heterocycles. The molecule has 0 amide bonds. The average Bonchev–Trinajstić information content (AvgIpc) is 2.70. The quantitative estimate of drug-likeness (QED) is 0.355. The highest BCUT2D eigenvalue weighted by atomic mass is 35.5. The number of hydrogen-bond donors (Lipinski definition) is 0. The molecule has 0 spiro atoms. The van der Waals surface area contributed by atoms with Crippen LogP contribution in [0.5, 0.6) is 0 Å². The Morgan fingerprint density at radius 1 is 1.22 bits per heavy atom. The van der Waals surface area contributed by atoms with Crippen molar-refractivity contribution in [2.45, 2.75) is 34.6 Å². The molecule has 0 aliphatic heterocycles. The lowest BCUT2D eigenvalue weighted by molar-refractivity contribution is -0.137. The zero-order valence-corrected chi connectivity index (χ0v) is 15.8. The van der Waals surface area contributed by atoms with Crippen LogP contribution in [0, 0.1) is 13.8 Å². The molecule has 0 bridgehead atoms. The maximum Gasteiger partial charge on any atom is 0.330 e. The summed E-state index contributed by atoms with van der Waals surface area (Å²) in [6, 6.07) is 0. The molecular weight excluding hydrogens is 328 g/mol. The van der Waals surface area contributed by atoms with E-state index in [9.17, 15) is 4.79 Å². The van der Waals surface area contributed by atoms with E-state index in [0.29, 0.717) is 6.61 Å². The molecule has 1 aromatic rings. The lowest BCUT2D eigenvalue weighted by atomic mass is 10.1. The van der Waals surface area contributed by atoms with E-state index >= 15 is 0 Å². The monoisotopic (exact) mass is 350 g/mol. The van der Waals surface area contributed by atoms with Crippen molar-refractivity contribution < 1.29 is 9.53 Å². The van der Waals surface area contributed by atoms with E-state index in [2.05, 4.69) is 19.1 Å². The molecule has 0 aromatic carbocycles. The first-order chi connectivity index (χ1) is 10.8. The minimum Gasteiger partial charge on any atom is -0.463 e. The van der Waals surface area contributed by atoms with E-state index in [4.69, 9.17) is 16.3 Å². The number of allylic oxidation sites excluding steroid dienone is 6. The van der Waals surface area contributed by atoms with Gasteiger partial charge in [0.15, 0.2) is 0 Å². The van der Waals surface area contributed by atoms with Crippen LogP contribution in [-0.2, 0) is 9.53 Å². The predicted octanol–water partition coefficient (Wildman–Crippen LogP) is 6.04. The molecule has 0 saturated carbocycles. The van der Waals surface area contributed by atoms with Crippen molar-refractivity contribution in [2.75, 3.05) is 6.61 Å². The fourth-order valence-corrected chi connectivity index (χ4v) is 3.23. The largest absolute Gasteiger partial charge is 0.463 e. The Morgan fingerprint density at radius 3 is 2.48 bits per heavy atom. The zero-order valence-electron chi connectivity index (χ0n) is 14.3. The van der Waals surface area contributed by atoms with Crippen LogP contribution in [0.25, 0.3) is 6.08 Å². The van der Waals surface area contributed by atoms with Gasteiger partial charge in [-0.25, -0.2) is 4.79 Å². The minimum absolute atomic E-state index is 0.310. The molecule has 0 atom stereocenters. The molecular formula is C19H23ClO2S. The SMILES string of the molecule is CCOC(=O)/C=C(\C)C=CC=C(C)C=Cc1c(C)sc(Cl)c1C. The highest BCUT2D eigenvalue weighted by Crippen LogP contribution is 2.32. The van der Waals surface area contributed by atoms with Gasteiger partial charge in [0.05, 0.1) is 10.9 Å². The lowest BCUT2D eigenvalue weighted by Gasteiger charge is -1.96. The van der Waals surface area contributed by atoms with Crippen molar-refractivity contribution >= 4 is 35.0 Å². The summed E-state index contributed by atoms with van der Waals surface area (Å²) in [5, 5.41) is 0. The van der Waals surface area contributed by atoms with E-state index in [-0.39, 0.29) is 5.97 Å². The molecule has 2 nitrogen and oxygen atoms in total. The molecule has 0 saturated heterocycles. The van der Waals surface area contributed by atoms with E-state index in [1.807, 2.05) is 39.0 Å². The van der Waals surface area contributed by atoms with Crippen LogP contribution in [0.1, 0.15) is 36.8 Å². The van der Waals surface area contributed by atoms with Crippen LogP contribution in [0.4, 0.5) is 0 Å². The number of ether oxygens (including phenoxy) is 1. The molecule has 0 unspecified atom stereocenters. The Labute approximate surface area is 147 Å². The second-order valence-electron chi connectivity index (χ2n) is 5.21. The number of carbonyl (C=O) groups is 1. The van der Waals surface area contributed by atoms with Gasteiger partial charge in [0, 0.05) is 11.0 Å². The molecule has 23 heavy (non-hydrogen) atoms. The van der Waals surface area contributed by atoms with Gasteiger partial charge >= 0.3 is 5.97 Å². The Morgan fingerprint density at radius 2 is 1.91 bits per heavy atom. The van der Waals surface area contributed by atoms with Gasteiger partial charge in [0.1, 0.15) is 0 Å². The standard InChI is InChI=1S/C19H23ClO2S/c1-6-22-18(21)12-14(3)9-7-8-13(2)10-11-17-15(4)19(20)23-16(17)5/h7-12H,6H2,1-5H3/b9-7?,11-10?,13-8?,14-12+. The minimum atomic E-state index is -0.310. The van der Waals surface area contributed by atoms with Crippen molar-refractivity contribution in [3.63, 3.8) is 0 Å². The summed E-state index contributed by atoms with van der Waals surface area (Å²) >= 11 is 7.76. The lowest BCUT2D eigenvalue weighted by Crippen LogP contribution is -1.99. The third-order valence-electron chi connectivity index (χ3n) is 3.18. The number of carbonyl (C=O) groups excluding carboxylic acids is 1. The molecule has 0 radical (unpaired) electrons. The van der Waals surface area contributed by atoms with E-state index in [1.165, 1.54) is 16.5 Å². The summed E-state index contributed by atoms with van der Waals surface area (Å²) < 4.78 is 5.72. The summed E-state index contributed by atoms with van der Waals surface area (Å²) in [6.45, 7) is 10.2. The molecule has 1 heterocycles. The Hall–Kier alpha value is -1.58. The Bertz CT molecular complexity index is 676. The zero-order chi connectivity index (χ0) is 17.4. The number of hydrogen-bond acceptors (Lipinski definition) is 3.